The molecule has 1 aliphatic rings. The van der Waals surface area contributed by atoms with Crippen molar-refractivity contribution in [3.63, 3.8) is 0 Å². The van der Waals surface area contributed by atoms with Gasteiger partial charge >= 0.3 is 6.03 Å². The largest absolute Gasteiger partial charge is 0.338 e. The van der Waals surface area contributed by atoms with E-state index in [4.69, 9.17) is 23.2 Å². The van der Waals surface area contributed by atoms with Crippen LogP contribution in [0.15, 0.2) is 36.4 Å². The molecule has 4 nitrogen and oxygen atoms in total. The summed E-state index contributed by atoms with van der Waals surface area (Å²) in [6, 6.07) is 11.4. The molecular formula is C19H21Cl2N3O. The monoisotopic (exact) mass is 377 g/mol. The third-order valence-electron chi connectivity index (χ3n) is 4.41. The normalized spacial score (nSPS) is 17.0. The standard InChI is InChI=1S/C19H21Cl2N3O/c1-3-22-19(25)23-18-7-5-4-6-13(18)15-10-24(2)11-16-14(15)8-12(20)9-17(16)21/h4-9,15H,3,10-11H2,1-2H3,(H2,22,23,25)/t15-/m0/s1. The first kappa shape index (κ1) is 18.1. The number of carbonyl (C=O) groups is 1. The van der Waals surface area contributed by atoms with Crippen molar-refractivity contribution in [3.8, 4) is 0 Å². The number of nitrogens with one attached hydrogen (secondary N) is 2. The smallest absolute Gasteiger partial charge is 0.319 e. The lowest BCUT2D eigenvalue weighted by Crippen LogP contribution is -2.33. The number of benzene rings is 2. The minimum Gasteiger partial charge on any atom is -0.338 e. The molecule has 3 rings (SSSR count). The van der Waals surface area contributed by atoms with Crippen molar-refractivity contribution in [2.75, 3.05) is 25.5 Å². The van der Waals surface area contributed by atoms with Crippen LogP contribution in [0.25, 0.3) is 0 Å². The number of rotatable bonds is 3. The molecule has 2 N–H and O–H groups in total. The zero-order valence-electron chi connectivity index (χ0n) is 14.3. The number of hydrogen-bond donors (Lipinski definition) is 2. The number of para-hydroxylation sites is 1. The van der Waals surface area contributed by atoms with E-state index >= 15 is 0 Å². The van der Waals surface area contributed by atoms with Crippen LogP contribution in [0, 0.1) is 0 Å². The maximum atomic E-state index is 12.0. The Kier molecular flexibility index (Phi) is 5.52. The first-order chi connectivity index (χ1) is 12.0. The molecule has 1 heterocycles. The third-order valence-corrected chi connectivity index (χ3v) is 4.97. The summed E-state index contributed by atoms with van der Waals surface area (Å²) in [5, 5.41) is 7.04. The molecule has 0 saturated heterocycles. The highest BCUT2D eigenvalue weighted by atomic mass is 35.5. The summed E-state index contributed by atoms with van der Waals surface area (Å²) >= 11 is 12.7. The Labute approximate surface area is 158 Å². The van der Waals surface area contributed by atoms with Crippen LogP contribution in [0.3, 0.4) is 0 Å². The van der Waals surface area contributed by atoms with Crippen molar-refractivity contribution in [1.82, 2.24) is 10.2 Å². The first-order valence-electron chi connectivity index (χ1n) is 8.29. The quantitative estimate of drug-likeness (QED) is 0.812. The second kappa shape index (κ2) is 7.65. The van der Waals surface area contributed by atoms with Gasteiger partial charge in [0.1, 0.15) is 0 Å². The van der Waals surface area contributed by atoms with Crippen molar-refractivity contribution >= 4 is 34.9 Å². The maximum absolute atomic E-state index is 12.0. The molecule has 25 heavy (non-hydrogen) atoms. The van der Waals surface area contributed by atoms with Crippen LogP contribution < -0.4 is 10.6 Å². The fourth-order valence-corrected chi connectivity index (χ4v) is 3.92. The van der Waals surface area contributed by atoms with Gasteiger partial charge in [-0.05, 0) is 48.9 Å². The van der Waals surface area contributed by atoms with Crippen LogP contribution >= 0.6 is 23.2 Å². The number of carbonyl (C=O) groups excluding carboxylic acids is 1. The zero-order valence-corrected chi connectivity index (χ0v) is 15.8. The van der Waals surface area contributed by atoms with Gasteiger partial charge in [-0.1, -0.05) is 41.4 Å². The average molecular weight is 378 g/mol. The summed E-state index contributed by atoms with van der Waals surface area (Å²) in [4.78, 5) is 14.2. The highest BCUT2D eigenvalue weighted by molar-refractivity contribution is 6.35. The summed E-state index contributed by atoms with van der Waals surface area (Å²) in [6.07, 6.45) is 0. The van der Waals surface area contributed by atoms with Crippen LogP contribution in [0.1, 0.15) is 29.5 Å². The first-order valence-corrected chi connectivity index (χ1v) is 9.05. The van der Waals surface area contributed by atoms with Gasteiger partial charge in [-0.2, -0.15) is 0 Å². The van der Waals surface area contributed by atoms with Gasteiger partial charge in [0.15, 0.2) is 0 Å². The van der Waals surface area contributed by atoms with E-state index in [1.165, 1.54) is 0 Å². The van der Waals surface area contributed by atoms with Crippen LogP contribution in [-0.2, 0) is 6.54 Å². The number of amides is 2. The van der Waals surface area contributed by atoms with Gasteiger partial charge in [0.05, 0.1) is 0 Å². The van der Waals surface area contributed by atoms with E-state index in [0.717, 1.165) is 35.5 Å². The Bertz CT molecular complexity index is 794. The molecule has 2 aromatic rings. The van der Waals surface area contributed by atoms with Gasteiger partial charge < -0.3 is 15.5 Å². The highest BCUT2D eigenvalue weighted by Crippen LogP contribution is 2.40. The van der Waals surface area contributed by atoms with E-state index in [1.807, 2.05) is 37.3 Å². The van der Waals surface area contributed by atoms with Crippen molar-refractivity contribution in [2.24, 2.45) is 0 Å². The summed E-state index contributed by atoms with van der Waals surface area (Å²) in [5.41, 5.74) is 4.08. The molecule has 1 aliphatic heterocycles. The molecule has 0 bridgehead atoms. The van der Waals surface area contributed by atoms with Gasteiger partial charge in [0.2, 0.25) is 0 Å². The summed E-state index contributed by atoms with van der Waals surface area (Å²) in [7, 11) is 2.07. The molecule has 0 unspecified atom stereocenters. The Morgan fingerprint density at radius 1 is 1.24 bits per heavy atom. The van der Waals surface area contributed by atoms with Gasteiger partial charge in [-0.15, -0.1) is 0 Å². The summed E-state index contributed by atoms with van der Waals surface area (Å²) in [6.45, 7) is 4.08. The Balaban J connectivity index is 2.05. The van der Waals surface area contributed by atoms with E-state index in [9.17, 15) is 4.79 Å². The predicted octanol–water partition coefficient (Wildman–Crippen LogP) is 4.71. The van der Waals surface area contributed by atoms with E-state index in [-0.39, 0.29) is 11.9 Å². The number of anilines is 1. The van der Waals surface area contributed by atoms with Gasteiger partial charge in [-0.25, -0.2) is 4.79 Å². The lowest BCUT2D eigenvalue weighted by atomic mass is 9.84. The summed E-state index contributed by atoms with van der Waals surface area (Å²) in [5.74, 6) is 0.0862. The molecule has 132 valence electrons. The van der Waals surface area contributed by atoms with Crippen molar-refractivity contribution in [2.45, 2.75) is 19.4 Å². The fourth-order valence-electron chi connectivity index (χ4n) is 3.35. The lowest BCUT2D eigenvalue weighted by Gasteiger charge is -2.34. The number of urea groups is 1. The highest BCUT2D eigenvalue weighted by Gasteiger charge is 2.28. The topological polar surface area (TPSA) is 44.4 Å². The molecule has 2 amide bonds. The van der Waals surface area contributed by atoms with Crippen LogP contribution in [0.5, 0.6) is 0 Å². The summed E-state index contributed by atoms with van der Waals surface area (Å²) < 4.78 is 0. The fraction of sp³-hybridized carbons (Fsp3) is 0.316. The number of likely N-dealkylation sites (N-methyl/N-ethyl adjacent to an activating group) is 1. The molecule has 0 spiro atoms. The van der Waals surface area contributed by atoms with Gasteiger partial charge in [0, 0.05) is 41.3 Å². The van der Waals surface area contributed by atoms with Crippen LogP contribution in [0.4, 0.5) is 10.5 Å². The maximum Gasteiger partial charge on any atom is 0.319 e. The van der Waals surface area contributed by atoms with Crippen LogP contribution in [-0.4, -0.2) is 31.1 Å². The third kappa shape index (κ3) is 3.92. The molecule has 0 radical (unpaired) electrons. The molecule has 0 fully saturated rings. The number of fused-ring (bicyclic) bond motifs is 1. The SMILES string of the molecule is CCNC(=O)Nc1ccccc1[C@@H]1CN(C)Cc2c(Cl)cc(Cl)cc21. The molecule has 0 saturated carbocycles. The van der Waals surface area contributed by atoms with Crippen LogP contribution in [0.2, 0.25) is 10.0 Å². The van der Waals surface area contributed by atoms with E-state index in [1.54, 1.807) is 6.07 Å². The van der Waals surface area contributed by atoms with Crippen molar-refractivity contribution in [1.29, 1.82) is 0 Å². The molecule has 2 aromatic carbocycles. The van der Waals surface area contributed by atoms with Gasteiger partial charge in [0.25, 0.3) is 0 Å². The van der Waals surface area contributed by atoms with E-state index < -0.39 is 0 Å². The molecule has 6 heteroatoms. The lowest BCUT2D eigenvalue weighted by molar-refractivity contribution is 0.252. The second-order valence-electron chi connectivity index (χ2n) is 6.28. The molecule has 1 atom stereocenters. The molecular weight excluding hydrogens is 357 g/mol. The number of halogens is 2. The van der Waals surface area contributed by atoms with Gasteiger partial charge in [-0.3, -0.25) is 0 Å². The van der Waals surface area contributed by atoms with E-state index in [2.05, 4.69) is 22.6 Å². The average Bonchev–Trinajstić information content (AvgIpc) is 2.56. The molecule has 0 aromatic heterocycles. The minimum atomic E-state index is -0.205. The Morgan fingerprint density at radius 2 is 2.00 bits per heavy atom. The van der Waals surface area contributed by atoms with Crippen molar-refractivity contribution in [3.05, 3.63) is 63.1 Å². The number of nitrogens with zero attached hydrogens (tertiary/aromatic N) is 1. The molecule has 0 aliphatic carbocycles. The second-order valence-corrected chi connectivity index (χ2v) is 7.12. The Morgan fingerprint density at radius 3 is 2.76 bits per heavy atom. The van der Waals surface area contributed by atoms with Crippen molar-refractivity contribution < 1.29 is 4.79 Å². The zero-order chi connectivity index (χ0) is 18.0. The number of hydrogen-bond acceptors (Lipinski definition) is 2. The van der Waals surface area contributed by atoms with E-state index in [0.29, 0.717) is 16.6 Å². The minimum absolute atomic E-state index is 0.0862. The predicted molar refractivity (Wildman–Crippen MR) is 104 cm³/mol. The Hall–Kier alpha value is -1.75.